The van der Waals surface area contributed by atoms with Gasteiger partial charge in [0.15, 0.2) is 11.6 Å². The van der Waals surface area contributed by atoms with Gasteiger partial charge in [-0.1, -0.05) is 57.2 Å². The van der Waals surface area contributed by atoms with Crippen LogP contribution < -0.4 is 4.74 Å². The van der Waals surface area contributed by atoms with Crippen LogP contribution in [-0.4, -0.2) is 6.61 Å². The van der Waals surface area contributed by atoms with Crippen molar-refractivity contribution in [1.82, 2.24) is 0 Å². The average Bonchev–Trinajstić information content (AvgIpc) is 2.85. The van der Waals surface area contributed by atoms with Gasteiger partial charge in [0.1, 0.15) is 6.61 Å². The van der Waals surface area contributed by atoms with Crippen molar-refractivity contribution in [3.63, 3.8) is 0 Å². The number of unbranched alkanes of at least 4 members (excludes halogenated alkanes) is 2. The molecule has 0 radical (unpaired) electrons. The Morgan fingerprint density at radius 1 is 0.879 bits per heavy atom. The van der Waals surface area contributed by atoms with Crippen molar-refractivity contribution in [1.29, 1.82) is 0 Å². The third-order valence-corrected chi connectivity index (χ3v) is 9.41. The maximum Gasteiger partial charge on any atom is 0.165 e. The lowest BCUT2D eigenvalue weighted by Gasteiger charge is -2.45. The number of benzene rings is 1. The monoisotopic (exact) mass is 454 g/mol. The van der Waals surface area contributed by atoms with Gasteiger partial charge < -0.3 is 4.74 Å². The molecule has 3 aliphatic carbocycles. The largest absolute Gasteiger partial charge is 0.486 e. The number of rotatable bonds is 9. The van der Waals surface area contributed by atoms with Crippen LogP contribution in [0.2, 0.25) is 0 Å². The third-order valence-electron chi connectivity index (χ3n) is 9.41. The SMILES string of the molecule is C/C=C/COc1ccc(C2CCC(C3CCC4CC(CCCCC)CCC4C3)CC2)cc1F. The molecule has 4 unspecified atom stereocenters. The number of ether oxygens (including phenoxy) is 1. The summed E-state index contributed by atoms with van der Waals surface area (Å²) in [5.74, 6) is 5.66. The molecule has 1 aromatic carbocycles. The van der Waals surface area contributed by atoms with Gasteiger partial charge in [-0.2, -0.15) is 0 Å². The first-order valence-electron chi connectivity index (χ1n) is 14.2. The van der Waals surface area contributed by atoms with Gasteiger partial charge in [-0.3, -0.25) is 0 Å². The van der Waals surface area contributed by atoms with Crippen molar-refractivity contribution < 1.29 is 9.13 Å². The van der Waals surface area contributed by atoms with Gasteiger partial charge in [-0.05, 0) is 118 Å². The number of hydrogen-bond acceptors (Lipinski definition) is 1. The molecule has 0 aliphatic heterocycles. The molecule has 2 heteroatoms. The summed E-state index contributed by atoms with van der Waals surface area (Å²) in [7, 11) is 0. The van der Waals surface area contributed by atoms with E-state index in [0.717, 1.165) is 29.6 Å². The quantitative estimate of drug-likeness (QED) is 0.267. The highest BCUT2D eigenvalue weighted by molar-refractivity contribution is 5.31. The van der Waals surface area contributed by atoms with Crippen molar-refractivity contribution in [2.45, 2.75) is 110 Å². The van der Waals surface area contributed by atoms with Gasteiger partial charge in [0, 0.05) is 0 Å². The van der Waals surface area contributed by atoms with E-state index in [9.17, 15) is 4.39 Å². The fourth-order valence-electron chi connectivity index (χ4n) is 7.44. The first-order chi connectivity index (χ1) is 16.2. The van der Waals surface area contributed by atoms with E-state index in [4.69, 9.17) is 4.74 Å². The molecule has 3 saturated carbocycles. The molecule has 1 nitrogen and oxygen atoms in total. The zero-order valence-electron chi connectivity index (χ0n) is 21.2. The second kappa shape index (κ2) is 12.4. The molecule has 0 heterocycles. The van der Waals surface area contributed by atoms with Crippen molar-refractivity contribution in [3.8, 4) is 5.75 Å². The van der Waals surface area contributed by atoms with Crippen molar-refractivity contribution in [2.75, 3.05) is 6.61 Å². The number of halogens is 1. The summed E-state index contributed by atoms with van der Waals surface area (Å²) < 4.78 is 20.1. The summed E-state index contributed by atoms with van der Waals surface area (Å²) in [4.78, 5) is 0. The molecule has 0 spiro atoms. The zero-order chi connectivity index (χ0) is 23.0. The van der Waals surface area contributed by atoms with Crippen LogP contribution in [0.5, 0.6) is 5.75 Å². The van der Waals surface area contributed by atoms with Crippen molar-refractivity contribution >= 4 is 0 Å². The molecule has 4 atom stereocenters. The summed E-state index contributed by atoms with van der Waals surface area (Å²) in [5.41, 5.74) is 1.18. The minimum Gasteiger partial charge on any atom is -0.486 e. The summed E-state index contributed by atoms with van der Waals surface area (Å²) in [6.07, 6.45) is 23.7. The van der Waals surface area contributed by atoms with E-state index < -0.39 is 0 Å². The lowest BCUT2D eigenvalue weighted by atomic mass is 9.60. The average molecular weight is 455 g/mol. The first kappa shape index (κ1) is 24.8. The Balaban J connectivity index is 1.23. The Hall–Kier alpha value is -1.31. The topological polar surface area (TPSA) is 9.23 Å². The Labute approximate surface area is 202 Å². The molecule has 3 aliphatic rings. The van der Waals surface area contributed by atoms with E-state index in [1.165, 1.54) is 95.5 Å². The molecule has 0 amide bonds. The van der Waals surface area contributed by atoms with Crippen LogP contribution in [0.3, 0.4) is 0 Å². The van der Waals surface area contributed by atoms with E-state index >= 15 is 0 Å². The predicted molar refractivity (Wildman–Crippen MR) is 137 cm³/mol. The van der Waals surface area contributed by atoms with Crippen LogP contribution in [0.1, 0.15) is 115 Å². The Kier molecular flexibility index (Phi) is 9.33. The second-order valence-corrected chi connectivity index (χ2v) is 11.4. The minimum atomic E-state index is -0.206. The van der Waals surface area contributed by atoms with Gasteiger partial charge >= 0.3 is 0 Å². The van der Waals surface area contributed by atoms with E-state index in [1.54, 1.807) is 6.07 Å². The predicted octanol–water partition coefficient (Wildman–Crippen LogP) is 9.47. The van der Waals surface area contributed by atoms with Crippen LogP contribution in [0.25, 0.3) is 0 Å². The number of fused-ring (bicyclic) bond motifs is 1. The maximum absolute atomic E-state index is 14.5. The molecule has 0 saturated heterocycles. The van der Waals surface area contributed by atoms with Gasteiger partial charge in [-0.25, -0.2) is 4.39 Å². The number of allylic oxidation sites excluding steroid dienone is 1. The van der Waals surface area contributed by atoms with Gasteiger partial charge in [-0.15, -0.1) is 0 Å². The van der Waals surface area contributed by atoms with Crippen molar-refractivity contribution in [3.05, 3.63) is 41.7 Å². The Morgan fingerprint density at radius 2 is 1.58 bits per heavy atom. The molecule has 1 aromatic rings. The molecule has 0 bridgehead atoms. The van der Waals surface area contributed by atoms with Crippen LogP contribution in [-0.2, 0) is 0 Å². The number of hydrogen-bond donors (Lipinski definition) is 0. The van der Waals surface area contributed by atoms with Crippen LogP contribution >= 0.6 is 0 Å². The minimum absolute atomic E-state index is 0.206. The summed E-state index contributed by atoms with van der Waals surface area (Å²) in [6, 6.07) is 5.67. The highest BCUT2D eigenvalue weighted by atomic mass is 19.1. The maximum atomic E-state index is 14.5. The van der Waals surface area contributed by atoms with E-state index in [1.807, 2.05) is 25.1 Å². The van der Waals surface area contributed by atoms with E-state index in [2.05, 4.69) is 13.0 Å². The second-order valence-electron chi connectivity index (χ2n) is 11.4. The molecule has 4 rings (SSSR count). The van der Waals surface area contributed by atoms with Gasteiger partial charge in [0.05, 0.1) is 0 Å². The highest BCUT2D eigenvalue weighted by Crippen LogP contribution is 2.50. The zero-order valence-corrected chi connectivity index (χ0v) is 21.2. The molecule has 184 valence electrons. The summed E-state index contributed by atoms with van der Waals surface area (Å²) >= 11 is 0. The standard InChI is InChI=1S/C31H47FO/c1-3-5-7-8-23-9-10-28-21-27(16-15-26(28)20-23)24-11-13-25(14-12-24)29-17-18-31(30(32)22-29)33-19-6-4-2/h4,6,17-18,22-28H,3,5,7-16,19-21H2,1-2H3/b6-4+. The molecular formula is C31H47FO. The van der Waals surface area contributed by atoms with Gasteiger partial charge in [0.25, 0.3) is 0 Å². The molecule has 0 aromatic heterocycles. The fourth-order valence-corrected chi connectivity index (χ4v) is 7.44. The smallest absolute Gasteiger partial charge is 0.165 e. The Bertz CT molecular complexity index is 747. The highest BCUT2D eigenvalue weighted by Gasteiger charge is 2.38. The van der Waals surface area contributed by atoms with Crippen molar-refractivity contribution in [2.24, 2.45) is 29.6 Å². The van der Waals surface area contributed by atoms with Crippen LogP contribution in [0.15, 0.2) is 30.4 Å². The van der Waals surface area contributed by atoms with Crippen LogP contribution in [0, 0.1) is 35.4 Å². The fraction of sp³-hybridized carbons (Fsp3) is 0.742. The Morgan fingerprint density at radius 3 is 2.30 bits per heavy atom. The molecule has 0 N–H and O–H groups in total. The molecular weight excluding hydrogens is 407 g/mol. The van der Waals surface area contributed by atoms with E-state index in [0.29, 0.717) is 18.3 Å². The first-order valence-corrected chi connectivity index (χ1v) is 14.2. The molecule has 3 fully saturated rings. The summed E-state index contributed by atoms with van der Waals surface area (Å²) in [5, 5.41) is 0. The third kappa shape index (κ3) is 6.64. The lowest BCUT2D eigenvalue weighted by Crippen LogP contribution is -2.34. The molecule has 33 heavy (non-hydrogen) atoms. The van der Waals surface area contributed by atoms with Crippen LogP contribution in [0.4, 0.5) is 4.39 Å². The normalized spacial score (nSPS) is 32.6. The lowest BCUT2D eigenvalue weighted by molar-refractivity contribution is 0.0614. The van der Waals surface area contributed by atoms with E-state index in [-0.39, 0.29) is 5.82 Å². The van der Waals surface area contributed by atoms with Gasteiger partial charge in [0.2, 0.25) is 0 Å². The summed E-state index contributed by atoms with van der Waals surface area (Å²) in [6.45, 7) is 4.70.